The van der Waals surface area contributed by atoms with E-state index >= 15 is 0 Å². The zero-order valence-electron chi connectivity index (χ0n) is 9.51. The molecule has 4 heteroatoms. The average molecular weight is 283 g/mol. The molecule has 0 saturated heterocycles. The molecule has 0 atom stereocenters. The lowest BCUT2D eigenvalue weighted by Crippen LogP contribution is -1.97. The summed E-state index contributed by atoms with van der Waals surface area (Å²) in [6, 6.07) is 8.98. The normalized spacial score (nSPS) is 10.4. The highest BCUT2D eigenvalue weighted by Gasteiger charge is 2.11. The molecule has 0 heterocycles. The third kappa shape index (κ3) is 2.55. The standard InChI is InChI=1S/C14H9Cl2FO/c1-8(18)11-4-3-10(17)7-12(11)9-2-5-13(15)14(16)6-9/h2-7H,1H3. The van der Waals surface area contributed by atoms with Crippen molar-refractivity contribution in [2.75, 3.05) is 0 Å². The fourth-order valence-corrected chi connectivity index (χ4v) is 2.02. The quantitative estimate of drug-likeness (QED) is 0.709. The van der Waals surface area contributed by atoms with Gasteiger partial charge < -0.3 is 0 Å². The van der Waals surface area contributed by atoms with Crippen LogP contribution < -0.4 is 0 Å². The van der Waals surface area contributed by atoms with Gasteiger partial charge in [-0.2, -0.15) is 0 Å². The summed E-state index contributed by atoms with van der Waals surface area (Å²) in [6.07, 6.45) is 0. The minimum Gasteiger partial charge on any atom is -0.294 e. The summed E-state index contributed by atoms with van der Waals surface area (Å²) in [5.41, 5.74) is 1.63. The summed E-state index contributed by atoms with van der Waals surface area (Å²) < 4.78 is 13.3. The van der Waals surface area contributed by atoms with E-state index in [4.69, 9.17) is 23.2 Å². The van der Waals surface area contributed by atoms with E-state index in [1.54, 1.807) is 18.2 Å². The van der Waals surface area contributed by atoms with Gasteiger partial charge in [-0.3, -0.25) is 4.79 Å². The van der Waals surface area contributed by atoms with Gasteiger partial charge in [0.05, 0.1) is 10.0 Å². The van der Waals surface area contributed by atoms with E-state index in [1.807, 2.05) is 0 Å². The first-order valence-corrected chi connectivity index (χ1v) is 6.00. The van der Waals surface area contributed by atoms with Crippen LogP contribution in [0, 0.1) is 5.82 Å². The molecule has 2 aromatic carbocycles. The van der Waals surface area contributed by atoms with Gasteiger partial charge in [0, 0.05) is 5.56 Å². The average Bonchev–Trinajstić information content (AvgIpc) is 2.32. The Hall–Kier alpha value is -1.38. The molecule has 0 fully saturated rings. The van der Waals surface area contributed by atoms with Crippen LogP contribution in [-0.4, -0.2) is 5.78 Å². The highest BCUT2D eigenvalue weighted by Crippen LogP contribution is 2.31. The molecule has 0 N–H and O–H groups in total. The number of rotatable bonds is 2. The van der Waals surface area contributed by atoms with E-state index in [1.165, 1.54) is 25.1 Å². The second kappa shape index (κ2) is 5.09. The van der Waals surface area contributed by atoms with E-state index in [0.29, 0.717) is 26.7 Å². The van der Waals surface area contributed by atoms with Crippen LogP contribution in [0.15, 0.2) is 36.4 Å². The molecule has 1 nitrogen and oxygen atoms in total. The van der Waals surface area contributed by atoms with Crippen LogP contribution in [-0.2, 0) is 0 Å². The van der Waals surface area contributed by atoms with Crippen LogP contribution in [0.3, 0.4) is 0 Å². The van der Waals surface area contributed by atoms with Gasteiger partial charge in [-0.15, -0.1) is 0 Å². The first kappa shape index (κ1) is 13.1. The third-order valence-electron chi connectivity index (χ3n) is 2.59. The molecule has 0 bridgehead atoms. The molecule has 0 saturated carbocycles. The summed E-state index contributed by atoms with van der Waals surface area (Å²) >= 11 is 11.8. The Morgan fingerprint density at radius 2 is 1.78 bits per heavy atom. The smallest absolute Gasteiger partial charge is 0.160 e. The van der Waals surface area contributed by atoms with E-state index in [0.717, 1.165) is 0 Å². The maximum absolute atomic E-state index is 13.3. The van der Waals surface area contributed by atoms with Crippen LogP contribution in [0.25, 0.3) is 11.1 Å². The van der Waals surface area contributed by atoms with Gasteiger partial charge in [0.15, 0.2) is 5.78 Å². The summed E-state index contributed by atoms with van der Waals surface area (Å²) in [6.45, 7) is 1.44. The molecule has 0 aliphatic carbocycles. The SMILES string of the molecule is CC(=O)c1ccc(F)cc1-c1ccc(Cl)c(Cl)c1. The molecule has 0 aliphatic heterocycles. The van der Waals surface area contributed by atoms with Crippen LogP contribution in [0.4, 0.5) is 4.39 Å². The van der Waals surface area contributed by atoms with Crippen LogP contribution in [0.1, 0.15) is 17.3 Å². The molecule has 0 aromatic heterocycles. The molecule has 2 aromatic rings. The van der Waals surface area contributed by atoms with Crippen LogP contribution in [0.5, 0.6) is 0 Å². The topological polar surface area (TPSA) is 17.1 Å². The molecular formula is C14H9Cl2FO. The van der Waals surface area contributed by atoms with Gasteiger partial charge in [-0.05, 0) is 48.4 Å². The van der Waals surface area contributed by atoms with Crippen molar-refractivity contribution >= 4 is 29.0 Å². The van der Waals surface area contributed by atoms with Crippen molar-refractivity contribution in [2.45, 2.75) is 6.92 Å². The predicted molar refractivity (Wildman–Crippen MR) is 71.9 cm³/mol. The van der Waals surface area contributed by atoms with Gasteiger partial charge >= 0.3 is 0 Å². The van der Waals surface area contributed by atoms with Gasteiger partial charge in [0.2, 0.25) is 0 Å². The molecule has 0 aliphatic rings. The predicted octanol–water partition coefficient (Wildman–Crippen LogP) is 5.00. The highest BCUT2D eigenvalue weighted by atomic mass is 35.5. The second-order valence-electron chi connectivity index (χ2n) is 3.87. The maximum atomic E-state index is 13.3. The highest BCUT2D eigenvalue weighted by molar-refractivity contribution is 6.42. The van der Waals surface area contributed by atoms with Crippen LogP contribution >= 0.6 is 23.2 Å². The van der Waals surface area contributed by atoms with Gasteiger partial charge in [0.25, 0.3) is 0 Å². The number of carbonyl (C=O) groups is 1. The summed E-state index contributed by atoms with van der Waals surface area (Å²) in [5, 5.41) is 0.786. The number of Topliss-reactive ketones (excluding diaryl/α,β-unsaturated/α-hetero) is 1. The second-order valence-corrected chi connectivity index (χ2v) is 4.69. The fraction of sp³-hybridized carbons (Fsp3) is 0.0714. The Morgan fingerprint density at radius 3 is 2.39 bits per heavy atom. The molecule has 0 unspecified atom stereocenters. The Balaban J connectivity index is 2.65. The fourth-order valence-electron chi connectivity index (χ4n) is 1.73. The first-order valence-electron chi connectivity index (χ1n) is 5.25. The number of halogens is 3. The van der Waals surface area contributed by atoms with E-state index < -0.39 is 5.82 Å². The first-order chi connectivity index (χ1) is 8.49. The number of hydrogen-bond donors (Lipinski definition) is 0. The molecule has 0 radical (unpaired) electrons. The van der Waals surface area contributed by atoms with Gasteiger partial charge in [-0.25, -0.2) is 4.39 Å². The van der Waals surface area contributed by atoms with E-state index in [9.17, 15) is 9.18 Å². The Kier molecular flexibility index (Phi) is 3.69. The summed E-state index contributed by atoms with van der Waals surface area (Å²) in [7, 11) is 0. The third-order valence-corrected chi connectivity index (χ3v) is 3.33. The van der Waals surface area contributed by atoms with Crippen molar-refractivity contribution in [3.05, 3.63) is 57.8 Å². The molecule has 0 amide bonds. The molecule has 18 heavy (non-hydrogen) atoms. The Bertz CT molecular complexity index is 623. The van der Waals surface area contributed by atoms with E-state index in [-0.39, 0.29) is 5.78 Å². The summed E-state index contributed by atoms with van der Waals surface area (Å²) in [5.74, 6) is -0.530. The van der Waals surface area contributed by atoms with Gasteiger partial charge in [-0.1, -0.05) is 29.3 Å². The lowest BCUT2D eigenvalue weighted by atomic mass is 9.97. The van der Waals surface area contributed by atoms with Crippen molar-refractivity contribution in [1.29, 1.82) is 0 Å². The Morgan fingerprint density at radius 1 is 1.06 bits per heavy atom. The zero-order valence-corrected chi connectivity index (χ0v) is 11.0. The molecule has 92 valence electrons. The maximum Gasteiger partial charge on any atom is 0.160 e. The van der Waals surface area contributed by atoms with Crippen molar-refractivity contribution < 1.29 is 9.18 Å². The monoisotopic (exact) mass is 282 g/mol. The molecule has 0 spiro atoms. The molecular weight excluding hydrogens is 274 g/mol. The number of ketones is 1. The van der Waals surface area contributed by atoms with Crippen molar-refractivity contribution in [3.63, 3.8) is 0 Å². The number of benzene rings is 2. The minimum atomic E-state index is -0.402. The largest absolute Gasteiger partial charge is 0.294 e. The molecule has 2 rings (SSSR count). The van der Waals surface area contributed by atoms with Gasteiger partial charge in [0.1, 0.15) is 5.82 Å². The zero-order chi connectivity index (χ0) is 13.3. The Labute approximate surface area is 114 Å². The van der Waals surface area contributed by atoms with Crippen molar-refractivity contribution in [2.24, 2.45) is 0 Å². The lowest BCUT2D eigenvalue weighted by Gasteiger charge is -2.08. The van der Waals surface area contributed by atoms with E-state index in [2.05, 4.69) is 0 Å². The minimum absolute atomic E-state index is 0.129. The lowest BCUT2D eigenvalue weighted by molar-refractivity contribution is 0.101. The van der Waals surface area contributed by atoms with Crippen LogP contribution in [0.2, 0.25) is 10.0 Å². The summed E-state index contributed by atoms with van der Waals surface area (Å²) in [4.78, 5) is 11.5. The number of hydrogen-bond acceptors (Lipinski definition) is 1. The number of carbonyl (C=O) groups excluding carboxylic acids is 1. The van der Waals surface area contributed by atoms with Crippen molar-refractivity contribution in [1.82, 2.24) is 0 Å². The van der Waals surface area contributed by atoms with Crippen molar-refractivity contribution in [3.8, 4) is 11.1 Å².